The standard InChI is InChI=1S/C20H26FNO2S/c1-4-7-8-17-14(11-18(23)25-17)12-22-19(20(24)13-9-10-13)15(5-2)16(21)6-3/h5-6,13,19,22H,2-4,7-12H2,1H3/b16-15-. The van der Waals surface area contributed by atoms with E-state index in [9.17, 15) is 14.0 Å². The molecule has 1 N–H and O–H groups in total. The fourth-order valence-electron chi connectivity index (χ4n) is 2.91. The molecule has 136 valence electrons. The molecule has 1 aliphatic heterocycles. The van der Waals surface area contributed by atoms with Crippen LogP contribution >= 0.6 is 11.8 Å². The lowest BCUT2D eigenvalue weighted by molar-refractivity contribution is -0.121. The molecule has 1 fully saturated rings. The lowest BCUT2D eigenvalue weighted by atomic mass is 9.97. The molecule has 2 rings (SSSR count). The van der Waals surface area contributed by atoms with Crippen LogP contribution in [0.25, 0.3) is 0 Å². The van der Waals surface area contributed by atoms with Crippen LogP contribution in [0.5, 0.6) is 0 Å². The summed E-state index contributed by atoms with van der Waals surface area (Å²) in [4.78, 5) is 25.5. The highest BCUT2D eigenvalue weighted by Gasteiger charge is 2.37. The van der Waals surface area contributed by atoms with Crippen molar-refractivity contribution >= 4 is 22.7 Å². The second-order valence-electron chi connectivity index (χ2n) is 6.48. The number of unbranched alkanes of at least 4 members (excludes halogenated alkanes) is 1. The van der Waals surface area contributed by atoms with Crippen molar-refractivity contribution in [2.45, 2.75) is 51.5 Å². The Labute approximate surface area is 153 Å². The van der Waals surface area contributed by atoms with Crippen LogP contribution in [-0.2, 0) is 9.59 Å². The van der Waals surface area contributed by atoms with Crippen molar-refractivity contribution in [3.63, 3.8) is 0 Å². The van der Waals surface area contributed by atoms with Crippen LogP contribution in [0.15, 0.2) is 47.2 Å². The number of nitrogens with one attached hydrogen (secondary N) is 1. The van der Waals surface area contributed by atoms with Crippen LogP contribution < -0.4 is 5.32 Å². The van der Waals surface area contributed by atoms with E-state index in [1.54, 1.807) is 0 Å². The number of ketones is 1. The van der Waals surface area contributed by atoms with Crippen molar-refractivity contribution in [1.29, 1.82) is 0 Å². The quantitative estimate of drug-likeness (QED) is 0.544. The van der Waals surface area contributed by atoms with Gasteiger partial charge < -0.3 is 0 Å². The molecule has 2 aliphatic rings. The van der Waals surface area contributed by atoms with E-state index in [2.05, 4.69) is 25.4 Å². The summed E-state index contributed by atoms with van der Waals surface area (Å²) in [6.07, 6.45) is 7.59. The number of halogens is 1. The Morgan fingerprint density at radius 1 is 1.40 bits per heavy atom. The zero-order valence-electron chi connectivity index (χ0n) is 14.8. The van der Waals surface area contributed by atoms with Crippen molar-refractivity contribution in [2.75, 3.05) is 6.54 Å². The van der Waals surface area contributed by atoms with Crippen LogP contribution in [0.1, 0.15) is 45.4 Å². The summed E-state index contributed by atoms with van der Waals surface area (Å²) in [5.41, 5.74) is 1.26. The van der Waals surface area contributed by atoms with Gasteiger partial charge in [0.25, 0.3) is 0 Å². The second-order valence-corrected chi connectivity index (χ2v) is 7.64. The van der Waals surface area contributed by atoms with E-state index in [-0.39, 0.29) is 22.4 Å². The number of carbonyl (C=O) groups excluding carboxylic acids is 2. The van der Waals surface area contributed by atoms with Gasteiger partial charge in [-0.2, -0.15) is 0 Å². The molecule has 0 aromatic carbocycles. The first kappa shape index (κ1) is 19.9. The molecule has 1 saturated carbocycles. The van der Waals surface area contributed by atoms with Gasteiger partial charge in [0, 0.05) is 24.5 Å². The third-order valence-corrected chi connectivity index (χ3v) is 5.63. The first-order valence-corrected chi connectivity index (χ1v) is 9.66. The van der Waals surface area contributed by atoms with Gasteiger partial charge in [-0.25, -0.2) is 4.39 Å². The number of hydrogen-bond donors (Lipinski definition) is 1. The normalized spacial score (nSPS) is 19.7. The maximum absolute atomic E-state index is 14.1. The summed E-state index contributed by atoms with van der Waals surface area (Å²) >= 11 is 1.31. The molecule has 5 heteroatoms. The molecule has 0 bridgehead atoms. The van der Waals surface area contributed by atoms with E-state index in [1.807, 2.05) is 0 Å². The van der Waals surface area contributed by atoms with Crippen LogP contribution in [0.4, 0.5) is 4.39 Å². The molecule has 25 heavy (non-hydrogen) atoms. The minimum Gasteiger partial charge on any atom is -0.300 e. The fraction of sp³-hybridized carbons (Fsp3) is 0.500. The second kappa shape index (κ2) is 9.30. The number of rotatable bonds is 11. The summed E-state index contributed by atoms with van der Waals surface area (Å²) in [5.74, 6) is -0.531. The molecule has 0 spiro atoms. The van der Waals surface area contributed by atoms with Gasteiger partial charge in [0.05, 0.1) is 6.04 Å². The minimum absolute atomic E-state index is 0.000385. The Balaban J connectivity index is 2.16. The molecule has 3 nitrogen and oxygen atoms in total. The molecule has 0 radical (unpaired) electrons. The molecule has 0 amide bonds. The van der Waals surface area contributed by atoms with Gasteiger partial charge in [0.1, 0.15) is 5.83 Å². The number of carbonyl (C=O) groups is 2. The Morgan fingerprint density at radius 2 is 2.12 bits per heavy atom. The largest absolute Gasteiger partial charge is 0.300 e. The first-order valence-electron chi connectivity index (χ1n) is 8.85. The molecule has 0 aromatic heterocycles. The van der Waals surface area contributed by atoms with Gasteiger partial charge in [-0.15, -0.1) is 0 Å². The van der Waals surface area contributed by atoms with Crippen molar-refractivity contribution in [1.82, 2.24) is 5.32 Å². The lowest BCUT2D eigenvalue weighted by Crippen LogP contribution is -2.40. The van der Waals surface area contributed by atoms with Crippen LogP contribution in [0, 0.1) is 5.92 Å². The van der Waals surface area contributed by atoms with E-state index in [0.29, 0.717) is 13.0 Å². The topological polar surface area (TPSA) is 46.2 Å². The highest BCUT2D eigenvalue weighted by atomic mass is 32.2. The fourth-order valence-corrected chi connectivity index (χ4v) is 3.96. The van der Waals surface area contributed by atoms with Gasteiger partial charge in [0.15, 0.2) is 10.9 Å². The van der Waals surface area contributed by atoms with E-state index in [0.717, 1.165) is 48.7 Å². The summed E-state index contributed by atoms with van der Waals surface area (Å²) in [7, 11) is 0. The molecular weight excluding hydrogens is 337 g/mol. The predicted molar refractivity (Wildman–Crippen MR) is 102 cm³/mol. The SMILES string of the molecule is C=C/C(F)=C(\C=C)C(NCC1=C(CCCC)SC(=O)C1)C(=O)C1CC1. The Morgan fingerprint density at radius 3 is 2.68 bits per heavy atom. The lowest BCUT2D eigenvalue weighted by Gasteiger charge is -2.20. The van der Waals surface area contributed by atoms with E-state index in [4.69, 9.17) is 0 Å². The summed E-state index contributed by atoms with van der Waals surface area (Å²) in [6, 6.07) is -0.733. The molecule has 1 unspecified atom stereocenters. The molecule has 0 saturated heterocycles. The molecule has 1 aliphatic carbocycles. The highest BCUT2D eigenvalue weighted by Crippen LogP contribution is 2.37. The third kappa shape index (κ3) is 5.25. The molecular formula is C20H26FNO2S. The molecule has 1 atom stereocenters. The Bertz CT molecular complexity index is 632. The van der Waals surface area contributed by atoms with Gasteiger partial charge in [-0.05, 0) is 42.2 Å². The average Bonchev–Trinajstić information content (AvgIpc) is 3.39. The van der Waals surface area contributed by atoms with Gasteiger partial charge in [0.2, 0.25) is 0 Å². The molecule has 0 aromatic rings. The smallest absolute Gasteiger partial charge is 0.197 e. The number of Topliss-reactive ketones (excluding diaryl/α,β-unsaturated/α-hetero) is 1. The monoisotopic (exact) mass is 363 g/mol. The maximum atomic E-state index is 14.1. The van der Waals surface area contributed by atoms with Crippen LogP contribution in [0.2, 0.25) is 0 Å². The highest BCUT2D eigenvalue weighted by molar-refractivity contribution is 8.17. The summed E-state index contributed by atoms with van der Waals surface area (Å²) in [6.45, 7) is 9.63. The van der Waals surface area contributed by atoms with Crippen molar-refractivity contribution in [2.24, 2.45) is 5.92 Å². The maximum Gasteiger partial charge on any atom is 0.197 e. The van der Waals surface area contributed by atoms with Crippen molar-refractivity contribution in [3.8, 4) is 0 Å². The number of allylic oxidation sites excluding steroid dienone is 3. The van der Waals surface area contributed by atoms with Gasteiger partial charge in [-0.3, -0.25) is 14.9 Å². The summed E-state index contributed by atoms with van der Waals surface area (Å²) in [5, 5.41) is 3.33. The zero-order valence-corrected chi connectivity index (χ0v) is 15.6. The van der Waals surface area contributed by atoms with Crippen LogP contribution in [-0.4, -0.2) is 23.5 Å². The third-order valence-electron chi connectivity index (χ3n) is 4.52. The van der Waals surface area contributed by atoms with Gasteiger partial charge >= 0.3 is 0 Å². The number of thioether (sulfide) groups is 1. The van der Waals surface area contributed by atoms with Crippen molar-refractivity contribution in [3.05, 3.63) is 47.2 Å². The average molecular weight is 363 g/mol. The number of hydrogen-bond acceptors (Lipinski definition) is 4. The first-order chi connectivity index (χ1) is 12.0. The van der Waals surface area contributed by atoms with E-state index in [1.165, 1.54) is 17.8 Å². The van der Waals surface area contributed by atoms with Crippen molar-refractivity contribution < 1.29 is 14.0 Å². The Hall–Kier alpha value is -1.46. The summed E-state index contributed by atoms with van der Waals surface area (Å²) < 4.78 is 14.1. The van der Waals surface area contributed by atoms with Gasteiger partial charge in [-0.1, -0.05) is 44.3 Å². The minimum atomic E-state index is -0.733. The predicted octanol–water partition coefficient (Wildman–Crippen LogP) is 4.63. The van der Waals surface area contributed by atoms with E-state index < -0.39 is 11.9 Å². The zero-order chi connectivity index (χ0) is 18.4. The molecule has 1 heterocycles. The van der Waals surface area contributed by atoms with E-state index >= 15 is 0 Å². The van der Waals surface area contributed by atoms with Crippen LogP contribution in [0.3, 0.4) is 0 Å². The Kier molecular flexibility index (Phi) is 7.38.